The summed E-state index contributed by atoms with van der Waals surface area (Å²) >= 11 is 1.69. The molecule has 0 aromatic carbocycles. The topological polar surface area (TPSA) is 71.2 Å². The van der Waals surface area contributed by atoms with E-state index in [0.29, 0.717) is 6.54 Å². The number of hydrogen-bond acceptors (Lipinski definition) is 7. The van der Waals surface area contributed by atoms with Crippen LogP contribution in [0.15, 0.2) is 30.6 Å². The predicted molar refractivity (Wildman–Crippen MR) is 109 cm³/mol. The zero-order valence-electron chi connectivity index (χ0n) is 15.1. The molecule has 0 bridgehead atoms. The van der Waals surface area contributed by atoms with Crippen molar-refractivity contribution in [2.75, 3.05) is 42.5 Å². The van der Waals surface area contributed by atoms with Crippen molar-refractivity contribution < 1.29 is 0 Å². The third-order valence-electron chi connectivity index (χ3n) is 4.79. The van der Waals surface area contributed by atoms with Crippen molar-refractivity contribution >= 4 is 33.2 Å². The van der Waals surface area contributed by atoms with Crippen LogP contribution in [0.3, 0.4) is 0 Å². The molecule has 4 rings (SSSR count). The van der Waals surface area contributed by atoms with Gasteiger partial charge in [-0.05, 0) is 31.9 Å². The summed E-state index contributed by atoms with van der Waals surface area (Å²) in [5, 5.41) is 0.987. The highest BCUT2D eigenvalue weighted by atomic mass is 32.1. The lowest BCUT2D eigenvalue weighted by molar-refractivity contribution is 0.803. The lowest BCUT2D eigenvalue weighted by Crippen LogP contribution is -2.29. The van der Waals surface area contributed by atoms with Crippen molar-refractivity contribution in [3.63, 3.8) is 0 Å². The average molecular weight is 369 g/mol. The Morgan fingerprint density at radius 2 is 2.04 bits per heavy atom. The van der Waals surface area contributed by atoms with Gasteiger partial charge < -0.3 is 15.5 Å². The number of pyridine rings is 2. The summed E-state index contributed by atoms with van der Waals surface area (Å²) in [6.45, 7) is 6.66. The average Bonchev–Trinajstić information content (AvgIpc) is 3.35. The maximum atomic E-state index is 5.70. The molecule has 26 heavy (non-hydrogen) atoms. The van der Waals surface area contributed by atoms with Crippen molar-refractivity contribution in [3.05, 3.63) is 30.6 Å². The number of nitrogens with zero attached hydrogens (tertiary/aromatic N) is 5. The number of likely N-dealkylation sites (N-methyl/N-ethyl adjacent to an activating group) is 1. The first-order valence-electron chi connectivity index (χ1n) is 9.21. The monoisotopic (exact) mass is 368 g/mol. The minimum absolute atomic E-state index is 0.622. The summed E-state index contributed by atoms with van der Waals surface area (Å²) in [5.41, 5.74) is 7.69. The zero-order chi connectivity index (χ0) is 17.9. The highest BCUT2D eigenvalue weighted by molar-refractivity contribution is 7.21. The molecule has 1 fully saturated rings. The van der Waals surface area contributed by atoms with E-state index < -0.39 is 0 Å². The minimum atomic E-state index is 0.622. The number of nitrogens with two attached hydrogens (primary N) is 1. The van der Waals surface area contributed by atoms with Crippen LogP contribution in [0.25, 0.3) is 20.8 Å². The number of thiazole rings is 1. The molecule has 1 aliphatic heterocycles. The van der Waals surface area contributed by atoms with Gasteiger partial charge in [0.2, 0.25) is 0 Å². The Bertz CT molecular complexity index is 869. The maximum absolute atomic E-state index is 5.70. The van der Waals surface area contributed by atoms with Crippen molar-refractivity contribution in [3.8, 4) is 10.6 Å². The fourth-order valence-electron chi connectivity index (χ4n) is 3.35. The molecule has 3 aromatic rings. The molecule has 136 valence electrons. The van der Waals surface area contributed by atoms with E-state index in [2.05, 4.69) is 44.9 Å². The zero-order valence-corrected chi connectivity index (χ0v) is 15.9. The largest absolute Gasteiger partial charge is 0.357 e. The number of aromatic nitrogens is 3. The molecule has 4 heterocycles. The van der Waals surface area contributed by atoms with E-state index in [4.69, 9.17) is 10.7 Å². The highest BCUT2D eigenvalue weighted by Gasteiger charge is 2.15. The SMILES string of the molecule is CCN(CCN)c1cc2sc(-c3ccc(N4CCCC4)nc3)nc2cn1. The first kappa shape index (κ1) is 17.2. The molecule has 6 nitrogen and oxygen atoms in total. The summed E-state index contributed by atoms with van der Waals surface area (Å²) in [4.78, 5) is 18.5. The molecular formula is C19H24N6S. The Hall–Kier alpha value is -2.25. The molecule has 0 spiro atoms. The van der Waals surface area contributed by atoms with Crippen LogP contribution in [0.4, 0.5) is 11.6 Å². The lowest BCUT2D eigenvalue weighted by Gasteiger charge is -2.20. The van der Waals surface area contributed by atoms with Crippen molar-refractivity contribution in [1.29, 1.82) is 0 Å². The van der Waals surface area contributed by atoms with Gasteiger partial charge in [-0.1, -0.05) is 0 Å². The normalized spacial score (nSPS) is 14.3. The second kappa shape index (κ2) is 7.55. The van der Waals surface area contributed by atoms with Gasteiger partial charge >= 0.3 is 0 Å². The van der Waals surface area contributed by atoms with E-state index >= 15 is 0 Å². The van der Waals surface area contributed by atoms with Crippen LogP contribution in [0, 0.1) is 0 Å². The molecule has 0 aliphatic carbocycles. The van der Waals surface area contributed by atoms with Gasteiger partial charge in [0.1, 0.15) is 22.2 Å². The summed E-state index contributed by atoms with van der Waals surface area (Å²) in [6.07, 6.45) is 6.31. The Labute approximate surface area is 157 Å². The van der Waals surface area contributed by atoms with Gasteiger partial charge in [-0.2, -0.15) is 0 Å². The second-order valence-corrected chi connectivity index (χ2v) is 7.53. The molecule has 3 aromatic heterocycles. The summed E-state index contributed by atoms with van der Waals surface area (Å²) < 4.78 is 1.14. The van der Waals surface area contributed by atoms with Gasteiger partial charge in [-0.25, -0.2) is 15.0 Å². The van der Waals surface area contributed by atoms with Gasteiger partial charge in [-0.3, -0.25) is 0 Å². The molecule has 0 atom stereocenters. The van der Waals surface area contributed by atoms with E-state index in [1.54, 1.807) is 11.3 Å². The maximum Gasteiger partial charge on any atom is 0.130 e. The molecule has 0 radical (unpaired) electrons. The molecule has 0 unspecified atom stereocenters. The Morgan fingerprint density at radius 1 is 1.19 bits per heavy atom. The van der Waals surface area contributed by atoms with Gasteiger partial charge in [0, 0.05) is 50.6 Å². The highest BCUT2D eigenvalue weighted by Crippen LogP contribution is 2.32. The van der Waals surface area contributed by atoms with Crippen LogP contribution >= 0.6 is 11.3 Å². The molecule has 1 aliphatic rings. The van der Waals surface area contributed by atoms with Crippen LogP contribution < -0.4 is 15.5 Å². The fourth-order valence-corrected chi connectivity index (χ4v) is 4.31. The van der Waals surface area contributed by atoms with E-state index in [1.165, 1.54) is 12.8 Å². The Kier molecular flexibility index (Phi) is 4.99. The second-order valence-electron chi connectivity index (χ2n) is 6.50. The Balaban J connectivity index is 1.60. The van der Waals surface area contributed by atoms with Crippen molar-refractivity contribution in [2.45, 2.75) is 19.8 Å². The minimum Gasteiger partial charge on any atom is -0.357 e. The van der Waals surface area contributed by atoms with Gasteiger partial charge in [0.25, 0.3) is 0 Å². The van der Waals surface area contributed by atoms with Gasteiger partial charge in [0.15, 0.2) is 0 Å². The molecule has 0 saturated carbocycles. The summed E-state index contributed by atoms with van der Waals surface area (Å²) in [6, 6.07) is 6.34. The van der Waals surface area contributed by atoms with Crippen molar-refractivity contribution in [1.82, 2.24) is 15.0 Å². The number of rotatable bonds is 6. The number of anilines is 2. The van der Waals surface area contributed by atoms with E-state index in [0.717, 1.165) is 58.6 Å². The van der Waals surface area contributed by atoms with Gasteiger partial charge in [0.05, 0.1) is 10.9 Å². The lowest BCUT2D eigenvalue weighted by atomic mass is 10.3. The fraction of sp³-hybridized carbons (Fsp3) is 0.421. The summed E-state index contributed by atoms with van der Waals surface area (Å²) in [7, 11) is 0. The first-order valence-corrected chi connectivity index (χ1v) is 10.0. The van der Waals surface area contributed by atoms with Crippen LogP contribution in [-0.2, 0) is 0 Å². The van der Waals surface area contributed by atoms with Gasteiger partial charge in [-0.15, -0.1) is 11.3 Å². The molecule has 0 amide bonds. The van der Waals surface area contributed by atoms with Crippen molar-refractivity contribution in [2.24, 2.45) is 5.73 Å². The molecular weight excluding hydrogens is 344 g/mol. The third-order valence-corrected chi connectivity index (χ3v) is 5.86. The first-order chi connectivity index (χ1) is 12.8. The molecule has 2 N–H and O–H groups in total. The quantitative estimate of drug-likeness (QED) is 0.721. The summed E-state index contributed by atoms with van der Waals surface area (Å²) in [5.74, 6) is 2.03. The van der Waals surface area contributed by atoms with E-state index in [9.17, 15) is 0 Å². The Morgan fingerprint density at radius 3 is 2.73 bits per heavy atom. The number of hydrogen-bond donors (Lipinski definition) is 1. The number of fused-ring (bicyclic) bond motifs is 1. The van der Waals surface area contributed by atoms with E-state index in [-0.39, 0.29) is 0 Å². The third kappa shape index (κ3) is 3.37. The molecule has 1 saturated heterocycles. The molecule has 7 heteroatoms. The van der Waals surface area contributed by atoms with Crippen LogP contribution in [0.2, 0.25) is 0 Å². The predicted octanol–water partition coefficient (Wildman–Crippen LogP) is 3.14. The standard InChI is InChI=1S/C19H24N6S/c1-2-24(10-7-20)18-11-16-15(13-22-18)23-19(26-16)14-5-6-17(21-12-14)25-8-3-4-9-25/h5-6,11-13H,2-4,7-10,20H2,1H3. The van der Waals surface area contributed by atoms with Crippen LogP contribution in [0.5, 0.6) is 0 Å². The van der Waals surface area contributed by atoms with E-state index in [1.807, 2.05) is 12.4 Å². The van der Waals surface area contributed by atoms with Crippen LogP contribution in [-0.4, -0.2) is 47.7 Å². The van der Waals surface area contributed by atoms with Crippen LogP contribution in [0.1, 0.15) is 19.8 Å². The smallest absolute Gasteiger partial charge is 0.130 e.